The van der Waals surface area contributed by atoms with Gasteiger partial charge in [0.1, 0.15) is 0 Å². The van der Waals surface area contributed by atoms with Crippen LogP contribution in [-0.2, 0) is 38.3 Å². The van der Waals surface area contributed by atoms with E-state index < -0.39 is 20.5 Å². The predicted molar refractivity (Wildman–Crippen MR) is 237 cm³/mol. The molecule has 293 valence electrons. The zero-order valence-corrected chi connectivity index (χ0v) is 39.5. The fourth-order valence-corrected chi connectivity index (χ4v) is 39.1. The second-order valence-electron chi connectivity index (χ2n) is 16.6. The van der Waals surface area contributed by atoms with Gasteiger partial charge in [-0.25, -0.2) is 0 Å². The summed E-state index contributed by atoms with van der Waals surface area (Å²) >= 11 is -6.21. The summed E-state index contributed by atoms with van der Waals surface area (Å²) in [5, 5.41) is 6.63. The first-order valence-electron chi connectivity index (χ1n) is 20.8. The Morgan fingerprint density at radius 3 is 1.32 bits per heavy atom. The van der Waals surface area contributed by atoms with Gasteiger partial charge in [-0.3, -0.25) is 0 Å². The summed E-state index contributed by atoms with van der Waals surface area (Å²) in [7, 11) is 17.9. The SMILES string of the molecule is CCC(=O)N[B](NC(=O)CC)[Hf]([Cl])([Cl])([CH]1C(CC(C)C)=Cc2c(-c3ccccc3CC)cccc21)[CH]1C(CC(C)C)=Cc2c(-c3ccccc3CC)cccc21. The molecule has 0 aliphatic heterocycles. The van der Waals surface area contributed by atoms with Gasteiger partial charge in [-0.05, 0) is 0 Å². The predicted octanol–water partition coefficient (Wildman–Crippen LogP) is 12.8. The van der Waals surface area contributed by atoms with Gasteiger partial charge >= 0.3 is 346 Å². The van der Waals surface area contributed by atoms with Crippen LogP contribution in [0, 0.1) is 11.8 Å². The summed E-state index contributed by atoms with van der Waals surface area (Å²) in [6.07, 6.45) is 8.56. The molecule has 4 nitrogen and oxygen atoms in total. The van der Waals surface area contributed by atoms with E-state index in [1.807, 2.05) is 13.8 Å². The number of rotatable bonds is 15. The molecule has 2 N–H and O–H groups in total. The van der Waals surface area contributed by atoms with E-state index in [1.165, 1.54) is 33.4 Å². The molecule has 2 unspecified atom stereocenters. The van der Waals surface area contributed by atoms with Crippen LogP contribution in [0.1, 0.15) is 122 Å². The van der Waals surface area contributed by atoms with Crippen molar-refractivity contribution in [2.75, 3.05) is 0 Å². The van der Waals surface area contributed by atoms with E-state index in [2.05, 4.69) is 149 Å². The number of hydrogen-bond acceptors (Lipinski definition) is 2. The van der Waals surface area contributed by atoms with Crippen molar-refractivity contribution in [1.29, 1.82) is 0 Å². The Labute approximate surface area is 344 Å². The first-order chi connectivity index (χ1) is 26.8. The molecular formula is C48H58BCl2HfN2O2. The van der Waals surface area contributed by atoms with Crippen LogP contribution >= 0.6 is 17.2 Å². The van der Waals surface area contributed by atoms with Crippen molar-refractivity contribution in [2.45, 2.75) is 101 Å². The van der Waals surface area contributed by atoms with Crippen molar-refractivity contribution in [3.8, 4) is 22.3 Å². The van der Waals surface area contributed by atoms with E-state index in [0.717, 1.165) is 59.1 Å². The summed E-state index contributed by atoms with van der Waals surface area (Å²) in [4.78, 5) is 27.5. The zero-order valence-electron chi connectivity index (χ0n) is 34.4. The number of hydrogen-bond donors (Lipinski definition) is 2. The average Bonchev–Trinajstić information content (AvgIpc) is 3.75. The van der Waals surface area contributed by atoms with Crippen LogP contribution < -0.4 is 10.5 Å². The Morgan fingerprint density at radius 1 is 0.589 bits per heavy atom. The normalized spacial score (nSPS) is 16.8. The molecule has 2 atom stereocenters. The molecular weight excluding hydrogens is 897 g/mol. The van der Waals surface area contributed by atoms with Gasteiger partial charge in [0.05, 0.1) is 0 Å². The van der Waals surface area contributed by atoms with Gasteiger partial charge in [-0.2, -0.15) is 0 Å². The Hall–Kier alpha value is -3.18. The van der Waals surface area contributed by atoms with Gasteiger partial charge in [0, 0.05) is 0 Å². The summed E-state index contributed by atoms with van der Waals surface area (Å²) in [6, 6.07) is 30.4. The zero-order chi connectivity index (χ0) is 40.4. The van der Waals surface area contributed by atoms with Gasteiger partial charge in [0.2, 0.25) is 0 Å². The Balaban J connectivity index is 1.73. The number of halogens is 2. The van der Waals surface area contributed by atoms with E-state index >= 15 is 0 Å². The first kappa shape index (κ1) is 42.4. The molecule has 2 aliphatic carbocycles. The Bertz CT molecular complexity index is 2040. The summed E-state index contributed by atoms with van der Waals surface area (Å²) in [6.45, 7) is 17.0. The van der Waals surface area contributed by atoms with Crippen LogP contribution in [0.5, 0.6) is 0 Å². The molecule has 0 radical (unpaired) electrons. The van der Waals surface area contributed by atoms with Crippen molar-refractivity contribution in [3.63, 3.8) is 0 Å². The van der Waals surface area contributed by atoms with Crippen molar-refractivity contribution in [3.05, 3.63) is 129 Å². The van der Waals surface area contributed by atoms with E-state index in [1.54, 1.807) is 0 Å². The van der Waals surface area contributed by atoms with E-state index in [0.29, 0.717) is 11.8 Å². The fourth-order valence-electron chi connectivity index (χ4n) is 9.52. The maximum absolute atomic E-state index is 13.8. The van der Waals surface area contributed by atoms with Crippen LogP contribution in [0.4, 0.5) is 0 Å². The minimum atomic E-state index is -6.21. The third-order valence-corrected chi connectivity index (χ3v) is 40.4. The minimum absolute atomic E-state index is 0.188. The molecule has 0 saturated heterocycles. The summed E-state index contributed by atoms with van der Waals surface area (Å²) in [5.41, 5.74) is 14.1. The number of carbonyl (C=O) groups is 2. The quantitative estimate of drug-likeness (QED) is 0.117. The number of fused-ring (bicyclic) bond motifs is 2. The van der Waals surface area contributed by atoms with Gasteiger partial charge < -0.3 is 0 Å². The number of carbonyl (C=O) groups excluding carboxylic acids is 2. The van der Waals surface area contributed by atoms with Gasteiger partial charge in [0.15, 0.2) is 0 Å². The second kappa shape index (κ2) is 17.4. The van der Waals surface area contributed by atoms with Gasteiger partial charge in [-0.1, -0.05) is 0 Å². The number of aryl methyl sites for hydroxylation is 2. The fraction of sp³-hybridized carbons (Fsp3) is 0.375. The molecule has 0 saturated carbocycles. The molecule has 4 aromatic carbocycles. The van der Waals surface area contributed by atoms with Crippen molar-refractivity contribution < 1.29 is 25.5 Å². The number of allylic oxidation sites excluding steroid dienone is 2. The van der Waals surface area contributed by atoms with Crippen LogP contribution in [-0.4, -0.2) is 16.4 Å². The Morgan fingerprint density at radius 2 is 0.964 bits per heavy atom. The second-order valence-corrected chi connectivity index (χ2v) is 47.1. The molecule has 56 heavy (non-hydrogen) atoms. The van der Waals surface area contributed by atoms with Crippen LogP contribution in [0.15, 0.2) is 96.1 Å². The molecule has 2 amide bonds. The average molecular weight is 955 g/mol. The molecule has 0 fully saturated rings. The van der Waals surface area contributed by atoms with Gasteiger partial charge in [-0.15, -0.1) is 0 Å². The van der Waals surface area contributed by atoms with Crippen molar-refractivity contribution in [2.24, 2.45) is 11.8 Å². The van der Waals surface area contributed by atoms with Crippen LogP contribution in [0.3, 0.4) is 0 Å². The van der Waals surface area contributed by atoms with E-state index in [9.17, 15) is 9.59 Å². The summed E-state index contributed by atoms with van der Waals surface area (Å²) < 4.78 is -1.72. The summed E-state index contributed by atoms with van der Waals surface area (Å²) in [5.74, 6) is 0.247. The molecule has 2 aliphatic rings. The monoisotopic (exact) mass is 955 g/mol. The van der Waals surface area contributed by atoms with Crippen molar-refractivity contribution in [1.82, 2.24) is 10.5 Å². The van der Waals surface area contributed by atoms with Gasteiger partial charge in [0.25, 0.3) is 0 Å². The van der Waals surface area contributed by atoms with E-state index in [4.69, 9.17) is 17.2 Å². The number of nitrogens with one attached hydrogen (secondary N) is 2. The van der Waals surface area contributed by atoms with Crippen LogP contribution in [0.2, 0.25) is 0 Å². The molecule has 0 heterocycles. The standard InChI is InChI=1S/2C21H23.C6H11BN2O2.2ClH.Hf/c2*1-4-17-8-5-6-10-19(17)20-11-7-9-18-13-16(12-15(2)3)14-21(18)20;1-3-5(10)8-7-9-6(11)4-2;;;/h2*5-11,13-15H,4,12H2,1-3H3;3-4H2,1-2H3,(H-,8,9,10,11);2*1H;/q;;;;;+1/p-1. The number of benzene rings is 4. The molecule has 0 spiro atoms. The first-order valence-corrected chi connectivity index (χ1v) is 35.9. The third kappa shape index (κ3) is 7.84. The molecule has 8 heteroatoms. The van der Waals surface area contributed by atoms with Crippen molar-refractivity contribution >= 4 is 45.7 Å². The maximum atomic E-state index is 13.8. The topological polar surface area (TPSA) is 58.2 Å². The number of amides is 2. The molecule has 6 rings (SSSR count). The Kier molecular flexibility index (Phi) is 13.1. The third-order valence-electron chi connectivity index (χ3n) is 11.9. The molecule has 0 bridgehead atoms. The molecule has 0 aromatic heterocycles. The van der Waals surface area contributed by atoms with E-state index in [-0.39, 0.29) is 32.0 Å². The molecule has 4 aromatic rings. The van der Waals surface area contributed by atoms with Crippen LogP contribution in [0.25, 0.3) is 34.4 Å².